The van der Waals surface area contributed by atoms with Crippen molar-refractivity contribution in [3.05, 3.63) is 65.7 Å². The summed E-state index contributed by atoms with van der Waals surface area (Å²) in [7, 11) is -3.70. The summed E-state index contributed by atoms with van der Waals surface area (Å²) in [5.41, 5.74) is 1.98. The Morgan fingerprint density at radius 1 is 0.929 bits per heavy atom. The lowest BCUT2D eigenvalue weighted by atomic mass is 10.2. The second kappa shape index (κ2) is 7.35. The predicted molar refractivity (Wildman–Crippen MR) is 104 cm³/mol. The molecule has 0 unspecified atom stereocenters. The molecule has 0 bridgehead atoms. The van der Waals surface area contributed by atoms with E-state index in [1.807, 2.05) is 25.1 Å². The zero-order chi connectivity index (χ0) is 19.6. The molecule has 144 valence electrons. The van der Waals surface area contributed by atoms with Crippen molar-refractivity contribution < 1.29 is 17.9 Å². The van der Waals surface area contributed by atoms with E-state index in [-0.39, 0.29) is 17.5 Å². The monoisotopic (exact) mass is 398 g/mol. The highest BCUT2D eigenvalue weighted by Crippen LogP contribution is 2.32. The van der Waals surface area contributed by atoms with Gasteiger partial charge in [-0.1, -0.05) is 23.8 Å². The Balaban J connectivity index is 1.39. The van der Waals surface area contributed by atoms with Gasteiger partial charge in [0.2, 0.25) is 6.79 Å². The van der Waals surface area contributed by atoms with Gasteiger partial charge in [0.15, 0.2) is 17.3 Å². The number of nitrogens with one attached hydrogen (secondary N) is 2. The molecule has 4 rings (SSSR count). The van der Waals surface area contributed by atoms with Gasteiger partial charge in [0.1, 0.15) is 5.82 Å². The van der Waals surface area contributed by atoms with Gasteiger partial charge in [-0.25, -0.2) is 8.42 Å². The van der Waals surface area contributed by atoms with Crippen molar-refractivity contribution in [1.29, 1.82) is 0 Å². The molecule has 8 nitrogen and oxygen atoms in total. The van der Waals surface area contributed by atoms with Gasteiger partial charge in [0, 0.05) is 6.54 Å². The smallest absolute Gasteiger partial charge is 0.263 e. The molecule has 0 spiro atoms. The van der Waals surface area contributed by atoms with Crippen LogP contribution in [0, 0.1) is 6.92 Å². The maximum absolute atomic E-state index is 12.4. The normalized spacial score (nSPS) is 12.6. The molecule has 1 aliphatic heterocycles. The van der Waals surface area contributed by atoms with E-state index in [4.69, 9.17) is 9.47 Å². The molecular weight excluding hydrogens is 380 g/mol. The summed E-state index contributed by atoms with van der Waals surface area (Å²) in [5, 5.41) is 11.1. The molecule has 28 heavy (non-hydrogen) atoms. The van der Waals surface area contributed by atoms with E-state index >= 15 is 0 Å². The number of aryl methyl sites for hydroxylation is 1. The zero-order valence-electron chi connectivity index (χ0n) is 15.0. The maximum atomic E-state index is 12.4. The third-order valence-electron chi connectivity index (χ3n) is 4.15. The van der Waals surface area contributed by atoms with Gasteiger partial charge < -0.3 is 14.8 Å². The molecule has 0 aliphatic carbocycles. The fraction of sp³-hybridized carbons (Fsp3) is 0.158. The Kier molecular flexibility index (Phi) is 4.74. The van der Waals surface area contributed by atoms with Crippen molar-refractivity contribution in [2.45, 2.75) is 18.4 Å². The zero-order valence-corrected chi connectivity index (χ0v) is 15.9. The highest BCUT2D eigenvalue weighted by molar-refractivity contribution is 7.92. The van der Waals surface area contributed by atoms with E-state index in [0.29, 0.717) is 18.1 Å². The van der Waals surface area contributed by atoms with Crippen molar-refractivity contribution in [3.63, 3.8) is 0 Å². The SMILES string of the molecule is Cc1ccc(S(=O)(=O)Nc2ccc(NCc3ccc4c(c3)OCO4)nn2)cc1. The number of hydrogen-bond donors (Lipinski definition) is 2. The molecule has 2 heterocycles. The van der Waals surface area contributed by atoms with Gasteiger partial charge in [-0.05, 0) is 48.9 Å². The number of benzene rings is 2. The second-order valence-corrected chi connectivity index (χ2v) is 7.95. The number of aromatic nitrogens is 2. The molecule has 3 aromatic rings. The number of ether oxygens (including phenoxy) is 2. The first-order chi connectivity index (χ1) is 13.5. The first-order valence-electron chi connectivity index (χ1n) is 8.55. The molecule has 1 aromatic heterocycles. The van der Waals surface area contributed by atoms with E-state index in [2.05, 4.69) is 20.2 Å². The van der Waals surface area contributed by atoms with Crippen LogP contribution >= 0.6 is 0 Å². The first kappa shape index (κ1) is 18.1. The highest BCUT2D eigenvalue weighted by Gasteiger charge is 2.15. The number of anilines is 2. The number of sulfonamides is 1. The fourth-order valence-electron chi connectivity index (χ4n) is 2.64. The van der Waals surface area contributed by atoms with E-state index < -0.39 is 10.0 Å². The molecule has 0 fully saturated rings. The van der Waals surface area contributed by atoms with Crippen LogP contribution in [0.4, 0.5) is 11.6 Å². The summed E-state index contributed by atoms with van der Waals surface area (Å²) in [6, 6.07) is 15.5. The third kappa shape index (κ3) is 3.99. The summed E-state index contributed by atoms with van der Waals surface area (Å²) in [4.78, 5) is 0.171. The molecule has 0 amide bonds. The molecule has 0 atom stereocenters. The quantitative estimate of drug-likeness (QED) is 0.658. The summed E-state index contributed by atoms with van der Waals surface area (Å²) in [6.45, 7) is 2.64. The Hall–Kier alpha value is -3.33. The minimum absolute atomic E-state index is 0.147. The van der Waals surface area contributed by atoms with Crippen molar-refractivity contribution >= 4 is 21.7 Å². The third-order valence-corrected chi connectivity index (χ3v) is 5.52. The Labute approximate surface area is 162 Å². The highest BCUT2D eigenvalue weighted by atomic mass is 32.2. The molecule has 2 aromatic carbocycles. The lowest BCUT2D eigenvalue weighted by Gasteiger charge is -2.09. The fourth-order valence-corrected chi connectivity index (χ4v) is 3.63. The molecular formula is C19H18N4O4S. The average Bonchev–Trinajstić information content (AvgIpc) is 3.15. The van der Waals surface area contributed by atoms with Gasteiger partial charge in [0.25, 0.3) is 10.0 Å². The van der Waals surface area contributed by atoms with Crippen LogP contribution in [-0.4, -0.2) is 25.4 Å². The van der Waals surface area contributed by atoms with Crippen LogP contribution in [0.1, 0.15) is 11.1 Å². The molecule has 2 N–H and O–H groups in total. The maximum Gasteiger partial charge on any atom is 0.263 e. The van der Waals surface area contributed by atoms with Crippen molar-refractivity contribution in [3.8, 4) is 11.5 Å². The standard InChI is InChI=1S/C19H18N4O4S/c1-13-2-5-15(6-3-13)28(24,25)23-19-9-8-18(21-22-19)20-11-14-4-7-16-17(10-14)27-12-26-16/h2-10H,11-12H2,1H3,(H,20,21)(H,22,23). The summed E-state index contributed by atoms with van der Waals surface area (Å²) in [5.74, 6) is 2.12. The minimum atomic E-state index is -3.70. The Morgan fingerprint density at radius 2 is 1.64 bits per heavy atom. The lowest BCUT2D eigenvalue weighted by Crippen LogP contribution is -2.14. The van der Waals surface area contributed by atoms with Crippen LogP contribution in [-0.2, 0) is 16.6 Å². The summed E-state index contributed by atoms with van der Waals surface area (Å²) >= 11 is 0. The van der Waals surface area contributed by atoms with Crippen LogP contribution in [0.3, 0.4) is 0 Å². The van der Waals surface area contributed by atoms with E-state index in [1.165, 1.54) is 0 Å². The molecule has 1 aliphatic rings. The predicted octanol–water partition coefficient (Wildman–Crippen LogP) is 2.93. The molecule has 0 saturated heterocycles. The van der Waals surface area contributed by atoms with Gasteiger partial charge in [-0.3, -0.25) is 4.72 Å². The summed E-state index contributed by atoms with van der Waals surface area (Å²) in [6.07, 6.45) is 0. The van der Waals surface area contributed by atoms with Gasteiger partial charge in [-0.15, -0.1) is 10.2 Å². The number of fused-ring (bicyclic) bond motifs is 1. The van der Waals surface area contributed by atoms with Gasteiger partial charge in [0.05, 0.1) is 4.90 Å². The van der Waals surface area contributed by atoms with Crippen LogP contribution in [0.5, 0.6) is 11.5 Å². The molecule has 9 heteroatoms. The van der Waals surface area contributed by atoms with Crippen LogP contribution < -0.4 is 19.5 Å². The van der Waals surface area contributed by atoms with Gasteiger partial charge >= 0.3 is 0 Å². The lowest BCUT2D eigenvalue weighted by molar-refractivity contribution is 0.174. The summed E-state index contributed by atoms with van der Waals surface area (Å²) < 4.78 is 37.8. The van der Waals surface area contributed by atoms with E-state index in [9.17, 15) is 8.42 Å². The van der Waals surface area contributed by atoms with Crippen LogP contribution in [0.2, 0.25) is 0 Å². The van der Waals surface area contributed by atoms with Crippen LogP contribution in [0.25, 0.3) is 0 Å². The minimum Gasteiger partial charge on any atom is -0.454 e. The van der Waals surface area contributed by atoms with E-state index in [0.717, 1.165) is 16.9 Å². The first-order valence-corrected chi connectivity index (χ1v) is 10.0. The van der Waals surface area contributed by atoms with Crippen molar-refractivity contribution in [1.82, 2.24) is 10.2 Å². The topological polar surface area (TPSA) is 102 Å². The number of nitrogens with zero attached hydrogens (tertiary/aromatic N) is 2. The second-order valence-electron chi connectivity index (χ2n) is 6.26. The van der Waals surface area contributed by atoms with Crippen LogP contribution in [0.15, 0.2) is 59.5 Å². The van der Waals surface area contributed by atoms with Crippen molar-refractivity contribution in [2.24, 2.45) is 0 Å². The molecule has 0 saturated carbocycles. The van der Waals surface area contributed by atoms with Crippen molar-refractivity contribution in [2.75, 3.05) is 16.8 Å². The number of hydrogen-bond acceptors (Lipinski definition) is 7. The Bertz CT molecular complexity index is 1080. The largest absolute Gasteiger partial charge is 0.454 e. The number of rotatable bonds is 6. The molecule has 0 radical (unpaired) electrons. The Morgan fingerprint density at radius 3 is 2.39 bits per heavy atom. The average molecular weight is 398 g/mol. The van der Waals surface area contributed by atoms with E-state index in [1.54, 1.807) is 36.4 Å². The van der Waals surface area contributed by atoms with Gasteiger partial charge in [-0.2, -0.15) is 0 Å².